The van der Waals surface area contributed by atoms with Gasteiger partial charge in [0.25, 0.3) is 5.91 Å². The van der Waals surface area contributed by atoms with Crippen LogP contribution in [0.5, 0.6) is 5.75 Å². The SMILES string of the molecule is C[C@@H]1COCCN1CCOc1ccc([C@H](NC(=O)NCc2ccc(N)cc2)C(=O)N2CCCN2c2ccccc2Br)cc1. The van der Waals surface area contributed by atoms with E-state index in [1.54, 1.807) is 17.1 Å². The summed E-state index contributed by atoms with van der Waals surface area (Å²) < 4.78 is 12.4. The second-order valence-electron chi connectivity index (χ2n) is 10.8. The number of halogens is 1. The molecule has 2 aliphatic rings. The highest BCUT2D eigenvalue weighted by Gasteiger charge is 2.34. The number of nitrogens with one attached hydrogen (secondary N) is 2. The van der Waals surface area contributed by atoms with Gasteiger partial charge in [-0.2, -0.15) is 0 Å². The van der Waals surface area contributed by atoms with Crippen molar-refractivity contribution in [3.63, 3.8) is 0 Å². The molecule has 4 N–H and O–H groups in total. The third kappa shape index (κ3) is 7.98. The number of carbonyl (C=O) groups is 2. The molecule has 0 saturated carbocycles. The van der Waals surface area contributed by atoms with Crippen molar-refractivity contribution in [1.82, 2.24) is 20.5 Å². The number of urea groups is 1. The Morgan fingerprint density at radius 3 is 2.56 bits per heavy atom. The molecule has 228 valence electrons. The fourth-order valence-corrected chi connectivity index (χ4v) is 5.81. The Hall–Kier alpha value is -3.80. The summed E-state index contributed by atoms with van der Waals surface area (Å²) in [4.78, 5) is 29.6. The molecule has 10 nitrogen and oxygen atoms in total. The van der Waals surface area contributed by atoms with Crippen LogP contribution in [0.4, 0.5) is 16.2 Å². The lowest BCUT2D eigenvalue weighted by atomic mass is 10.1. The van der Waals surface area contributed by atoms with Gasteiger partial charge in [0.1, 0.15) is 18.4 Å². The summed E-state index contributed by atoms with van der Waals surface area (Å²) in [6, 6.07) is 21.5. The lowest BCUT2D eigenvalue weighted by Gasteiger charge is -2.33. The molecule has 2 fully saturated rings. The van der Waals surface area contributed by atoms with Crippen molar-refractivity contribution in [3.05, 3.63) is 88.4 Å². The predicted molar refractivity (Wildman–Crippen MR) is 171 cm³/mol. The van der Waals surface area contributed by atoms with Gasteiger partial charge >= 0.3 is 6.03 Å². The van der Waals surface area contributed by atoms with Crippen LogP contribution in [0, 0.1) is 0 Å². The number of benzene rings is 3. The van der Waals surface area contributed by atoms with E-state index >= 15 is 0 Å². The molecule has 2 atom stereocenters. The second kappa shape index (κ2) is 14.6. The van der Waals surface area contributed by atoms with Crippen LogP contribution in [0.15, 0.2) is 77.3 Å². The maximum Gasteiger partial charge on any atom is 0.315 e. The molecule has 3 aromatic rings. The number of rotatable bonds is 10. The minimum atomic E-state index is -0.905. The first-order chi connectivity index (χ1) is 20.9. The van der Waals surface area contributed by atoms with Crippen molar-refractivity contribution in [2.45, 2.75) is 32.0 Å². The van der Waals surface area contributed by atoms with Crippen LogP contribution in [-0.4, -0.2) is 73.9 Å². The maximum atomic E-state index is 14.1. The van der Waals surface area contributed by atoms with E-state index in [9.17, 15) is 9.59 Å². The number of morpholine rings is 1. The third-order valence-electron chi connectivity index (χ3n) is 7.74. The minimum Gasteiger partial charge on any atom is -0.492 e. The van der Waals surface area contributed by atoms with Crippen molar-refractivity contribution >= 4 is 39.2 Å². The highest BCUT2D eigenvalue weighted by molar-refractivity contribution is 9.10. The number of nitrogens with two attached hydrogens (primary N) is 1. The van der Waals surface area contributed by atoms with E-state index in [0.29, 0.717) is 49.3 Å². The third-order valence-corrected chi connectivity index (χ3v) is 8.41. The number of anilines is 2. The summed E-state index contributed by atoms with van der Waals surface area (Å²) in [6.07, 6.45) is 0.817. The summed E-state index contributed by atoms with van der Waals surface area (Å²) in [5.74, 6) is 0.491. The number of carbonyl (C=O) groups excluding carboxylic acids is 2. The molecule has 2 aliphatic heterocycles. The van der Waals surface area contributed by atoms with E-state index in [4.69, 9.17) is 15.2 Å². The van der Waals surface area contributed by atoms with Gasteiger partial charge in [-0.1, -0.05) is 36.4 Å². The van der Waals surface area contributed by atoms with Gasteiger partial charge in [-0.3, -0.25) is 19.7 Å². The van der Waals surface area contributed by atoms with E-state index in [1.807, 2.05) is 65.7 Å². The molecule has 0 unspecified atom stereocenters. The van der Waals surface area contributed by atoms with Gasteiger partial charge in [0.05, 0.1) is 18.9 Å². The lowest BCUT2D eigenvalue weighted by molar-refractivity contribution is -0.132. The molecule has 5 rings (SSSR count). The number of hydrogen-bond acceptors (Lipinski definition) is 7. The molecule has 3 amide bonds. The average Bonchev–Trinajstić information content (AvgIpc) is 3.51. The number of hydrazine groups is 1. The van der Waals surface area contributed by atoms with Crippen molar-refractivity contribution < 1.29 is 19.1 Å². The number of para-hydroxylation sites is 1. The molecule has 0 radical (unpaired) electrons. The Kier molecular flexibility index (Phi) is 10.4. The highest BCUT2D eigenvalue weighted by Crippen LogP contribution is 2.31. The lowest BCUT2D eigenvalue weighted by Crippen LogP contribution is -2.49. The zero-order valence-electron chi connectivity index (χ0n) is 24.4. The largest absolute Gasteiger partial charge is 0.492 e. The first-order valence-electron chi connectivity index (χ1n) is 14.7. The Balaban J connectivity index is 1.29. The fourth-order valence-electron chi connectivity index (χ4n) is 5.32. The second-order valence-corrected chi connectivity index (χ2v) is 11.6. The van der Waals surface area contributed by atoms with Gasteiger partial charge in [0, 0.05) is 48.9 Å². The fraction of sp³-hybridized carbons (Fsp3) is 0.375. The zero-order valence-corrected chi connectivity index (χ0v) is 26.0. The highest BCUT2D eigenvalue weighted by atomic mass is 79.9. The Bertz CT molecular complexity index is 1370. The summed E-state index contributed by atoms with van der Waals surface area (Å²) in [5, 5.41) is 9.49. The molecular formula is C32H39BrN6O4. The summed E-state index contributed by atoms with van der Waals surface area (Å²) in [7, 11) is 0. The summed E-state index contributed by atoms with van der Waals surface area (Å²) in [5.41, 5.74) is 8.91. The molecule has 43 heavy (non-hydrogen) atoms. The van der Waals surface area contributed by atoms with E-state index in [1.165, 1.54) is 0 Å². The molecule has 0 bridgehead atoms. The number of hydrogen-bond donors (Lipinski definition) is 3. The maximum absolute atomic E-state index is 14.1. The molecule has 3 aromatic carbocycles. The Labute approximate surface area is 261 Å². The average molecular weight is 652 g/mol. The van der Waals surface area contributed by atoms with Crippen molar-refractivity contribution in [2.24, 2.45) is 0 Å². The minimum absolute atomic E-state index is 0.217. The molecule has 2 saturated heterocycles. The first kappa shape index (κ1) is 30.7. The van der Waals surface area contributed by atoms with E-state index in [-0.39, 0.29) is 5.91 Å². The molecular weight excluding hydrogens is 612 g/mol. The Morgan fingerprint density at radius 1 is 1.05 bits per heavy atom. The monoisotopic (exact) mass is 650 g/mol. The smallest absolute Gasteiger partial charge is 0.315 e. The normalized spacial score (nSPS) is 17.9. The summed E-state index contributed by atoms with van der Waals surface area (Å²) in [6.45, 7) is 7.43. The molecule has 0 aliphatic carbocycles. The van der Waals surface area contributed by atoms with E-state index in [0.717, 1.165) is 48.4 Å². The van der Waals surface area contributed by atoms with Gasteiger partial charge in [-0.15, -0.1) is 0 Å². The zero-order chi connectivity index (χ0) is 30.2. The van der Waals surface area contributed by atoms with Crippen LogP contribution in [0.2, 0.25) is 0 Å². The molecule has 11 heteroatoms. The van der Waals surface area contributed by atoms with Crippen LogP contribution in [-0.2, 0) is 16.1 Å². The van der Waals surface area contributed by atoms with Crippen molar-refractivity contribution in [2.75, 3.05) is 56.7 Å². The van der Waals surface area contributed by atoms with Crippen LogP contribution >= 0.6 is 15.9 Å². The topological polar surface area (TPSA) is 112 Å². The molecule has 2 heterocycles. The molecule has 0 aromatic heterocycles. The van der Waals surface area contributed by atoms with Gasteiger partial charge < -0.3 is 25.8 Å². The quantitative estimate of drug-likeness (QED) is 0.280. The molecule has 0 spiro atoms. The number of nitrogens with zero attached hydrogens (tertiary/aromatic N) is 3. The number of nitrogen functional groups attached to an aromatic ring is 1. The van der Waals surface area contributed by atoms with Crippen LogP contribution < -0.4 is 26.1 Å². The van der Waals surface area contributed by atoms with Crippen molar-refractivity contribution in [3.8, 4) is 5.75 Å². The Morgan fingerprint density at radius 2 is 1.81 bits per heavy atom. The van der Waals surface area contributed by atoms with Gasteiger partial charge in [-0.25, -0.2) is 4.79 Å². The number of amides is 3. The van der Waals surface area contributed by atoms with E-state index < -0.39 is 12.1 Å². The van der Waals surface area contributed by atoms with Gasteiger partial charge in [-0.05, 0) is 76.8 Å². The predicted octanol–water partition coefficient (Wildman–Crippen LogP) is 4.33. The van der Waals surface area contributed by atoms with Gasteiger partial charge in [0.15, 0.2) is 0 Å². The van der Waals surface area contributed by atoms with Crippen molar-refractivity contribution in [1.29, 1.82) is 0 Å². The van der Waals surface area contributed by atoms with E-state index in [2.05, 4.69) is 38.4 Å². The first-order valence-corrected chi connectivity index (χ1v) is 15.4. The van der Waals surface area contributed by atoms with Gasteiger partial charge in [0.2, 0.25) is 0 Å². The van der Waals surface area contributed by atoms with Crippen LogP contribution in [0.3, 0.4) is 0 Å². The van der Waals surface area contributed by atoms with Crippen LogP contribution in [0.1, 0.15) is 30.5 Å². The van der Waals surface area contributed by atoms with Crippen LogP contribution in [0.25, 0.3) is 0 Å². The summed E-state index contributed by atoms with van der Waals surface area (Å²) >= 11 is 3.62. The number of ether oxygens (including phenoxy) is 2. The standard InChI is InChI=1S/C32H39BrN6O4/c1-23-22-42-19-17-37(23)18-20-43-27-13-9-25(10-14-27)30(36-32(41)35-21-24-7-11-26(34)12-8-24)31(40)39-16-4-15-38(39)29-6-3-2-5-28(29)33/h2-3,5-14,23,30H,4,15-22,34H2,1H3,(H2,35,36,41)/t23-,30+/m1/s1.